The Morgan fingerprint density at radius 2 is 1.85 bits per heavy atom. The SMILES string of the molecule is O=C(O)CCCCCC[C@@H]1[C@@H](CCCO)[C@H](O)C[C@H]1C1(Cl)CCCOC1. The maximum atomic E-state index is 10.7. The fourth-order valence-corrected chi connectivity index (χ4v) is 5.48. The Morgan fingerprint density at radius 1 is 1.12 bits per heavy atom. The molecule has 2 aliphatic rings. The largest absolute Gasteiger partial charge is 0.481 e. The lowest BCUT2D eigenvalue weighted by atomic mass is 9.75. The summed E-state index contributed by atoms with van der Waals surface area (Å²) >= 11 is 6.99. The number of ether oxygens (including phenoxy) is 1. The summed E-state index contributed by atoms with van der Waals surface area (Å²) < 4.78 is 5.67. The van der Waals surface area contributed by atoms with Crippen molar-refractivity contribution >= 4 is 17.6 Å². The van der Waals surface area contributed by atoms with Gasteiger partial charge in [0.05, 0.1) is 17.6 Å². The van der Waals surface area contributed by atoms with Gasteiger partial charge in [0.1, 0.15) is 0 Å². The summed E-state index contributed by atoms with van der Waals surface area (Å²) in [5.74, 6) is 0.0792. The second kappa shape index (κ2) is 10.8. The Labute approximate surface area is 162 Å². The van der Waals surface area contributed by atoms with E-state index in [1.807, 2.05) is 0 Å². The number of aliphatic hydroxyl groups is 2. The maximum Gasteiger partial charge on any atom is 0.303 e. The molecule has 0 spiro atoms. The number of carboxylic acid groups (broad SMARTS) is 1. The molecule has 1 heterocycles. The zero-order valence-corrected chi connectivity index (χ0v) is 16.5. The van der Waals surface area contributed by atoms with E-state index in [1.54, 1.807) is 0 Å². The molecule has 26 heavy (non-hydrogen) atoms. The van der Waals surface area contributed by atoms with Crippen LogP contribution in [0.2, 0.25) is 0 Å². The highest BCUT2D eigenvalue weighted by atomic mass is 35.5. The first-order valence-corrected chi connectivity index (χ1v) is 10.6. The van der Waals surface area contributed by atoms with Crippen LogP contribution in [0.1, 0.15) is 70.6 Å². The molecule has 6 heteroatoms. The number of hydrogen-bond acceptors (Lipinski definition) is 4. The molecule has 1 aliphatic carbocycles. The van der Waals surface area contributed by atoms with Crippen LogP contribution in [0.5, 0.6) is 0 Å². The Hall–Kier alpha value is -0.360. The molecule has 5 atom stereocenters. The number of aliphatic carboxylic acids is 1. The minimum absolute atomic E-state index is 0.158. The second-order valence-corrected chi connectivity index (χ2v) is 8.89. The second-order valence-electron chi connectivity index (χ2n) is 8.14. The molecule has 152 valence electrons. The summed E-state index contributed by atoms with van der Waals surface area (Å²) in [6.07, 6.45) is 8.82. The van der Waals surface area contributed by atoms with Gasteiger partial charge in [-0.2, -0.15) is 0 Å². The van der Waals surface area contributed by atoms with E-state index in [1.165, 1.54) is 0 Å². The molecular formula is C20H35ClO5. The molecule has 3 N–H and O–H groups in total. The van der Waals surface area contributed by atoms with Gasteiger partial charge in [0.15, 0.2) is 0 Å². The molecule has 1 saturated carbocycles. The van der Waals surface area contributed by atoms with Gasteiger partial charge in [-0.3, -0.25) is 4.79 Å². The monoisotopic (exact) mass is 390 g/mol. The van der Waals surface area contributed by atoms with Gasteiger partial charge in [-0.05, 0) is 62.7 Å². The van der Waals surface area contributed by atoms with Gasteiger partial charge in [0.25, 0.3) is 0 Å². The van der Waals surface area contributed by atoms with Crippen molar-refractivity contribution in [3.8, 4) is 0 Å². The summed E-state index contributed by atoms with van der Waals surface area (Å²) in [4.78, 5) is 10.2. The molecule has 1 aliphatic heterocycles. The molecule has 0 aromatic heterocycles. The van der Waals surface area contributed by atoms with Crippen LogP contribution in [-0.4, -0.2) is 52.1 Å². The van der Waals surface area contributed by atoms with E-state index in [2.05, 4.69) is 0 Å². The standard InChI is InChI=1S/C20H35ClO5/c21-20(10-6-12-26-14-20)17-13-18(23)16(8-5-11-22)15(17)7-3-1-2-4-9-19(24)25/h15-18,22-23H,1-14H2,(H,24,25)/t15-,16-,17-,18-,20?/m1/s1. The van der Waals surface area contributed by atoms with Crippen LogP contribution in [-0.2, 0) is 9.53 Å². The molecule has 0 bridgehead atoms. The van der Waals surface area contributed by atoms with Gasteiger partial charge < -0.3 is 20.1 Å². The Morgan fingerprint density at radius 3 is 2.50 bits per heavy atom. The molecule has 0 amide bonds. The van der Waals surface area contributed by atoms with Crippen LogP contribution in [0.3, 0.4) is 0 Å². The average Bonchev–Trinajstić information content (AvgIpc) is 2.93. The molecule has 1 saturated heterocycles. The number of hydrogen-bond donors (Lipinski definition) is 3. The number of halogens is 1. The van der Waals surface area contributed by atoms with Crippen molar-refractivity contribution < 1.29 is 24.9 Å². The number of unbranched alkanes of at least 4 members (excludes halogenated alkanes) is 3. The lowest BCUT2D eigenvalue weighted by Gasteiger charge is -2.40. The quantitative estimate of drug-likeness (QED) is 0.370. The van der Waals surface area contributed by atoms with Crippen LogP contribution < -0.4 is 0 Å². The molecule has 0 aromatic carbocycles. The lowest BCUT2D eigenvalue weighted by molar-refractivity contribution is -0.137. The van der Waals surface area contributed by atoms with Gasteiger partial charge in [0, 0.05) is 19.6 Å². The van der Waals surface area contributed by atoms with Crippen molar-refractivity contribution in [2.75, 3.05) is 19.8 Å². The topological polar surface area (TPSA) is 87.0 Å². The van der Waals surface area contributed by atoms with Crippen LogP contribution in [0, 0.1) is 17.8 Å². The van der Waals surface area contributed by atoms with Crippen LogP contribution in [0.15, 0.2) is 0 Å². The van der Waals surface area contributed by atoms with Gasteiger partial charge >= 0.3 is 5.97 Å². The van der Waals surface area contributed by atoms with Crippen molar-refractivity contribution in [2.45, 2.75) is 81.6 Å². The number of alkyl halides is 1. The molecule has 2 fully saturated rings. The van der Waals surface area contributed by atoms with Crippen molar-refractivity contribution in [1.29, 1.82) is 0 Å². The Kier molecular flexibility index (Phi) is 9.15. The summed E-state index contributed by atoms with van der Waals surface area (Å²) in [7, 11) is 0. The number of carboxylic acids is 1. The Balaban J connectivity index is 1.93. The van der Waals surface area contributed by atoms with Crippen LogP contribution in [0.25, 0.3) is 0 Å². The fraction of sp³-hybridized carbons (Fsp3) is 0.950. The molecule has 1 unspecified atom stereocenters. The third-order valence-corrected chi connectivity index (χ3v) is 6.90. The highest BCUT2D eigenvalue weighted by molar-refractivity contribution is 6.24. The van der Waals surface area contributed by atoms with E-state index >= 15 is 0 Å². The van der Waals surface area contributed by atoms with E-state index in [0.29, 0.717) is 12.5 Å². The summed E-state index contributed by atoms with van der Waals surface area (Å²) in [5, 5.41) is 28.6. The smallest absolute Gasteiger partial charge is 0.303 e. The minimum Gasteiger partial charge on any atom is -0.481 e. The molecule has 0 radical (unpaired) electrons. The molecular weight excluding hydrogens is 356 g/mol. The lowest BCUT2D eigenvalue weighted by Crippen LogP contribution is -2.42. The van der Waals surface area contributed by atoms with E-state index in [-0.39, 0.29) is 35.8 Å². The fourth-order valence-electron chi connectivity index (χ4n) is 5.02. The summed E-state index contributed by atoms with van der Waals surface area (Å²) in [5.41, 5.74) is 0. The van der Waals surface area contributed by atoms with Gasteiger partial charge in [-0.25, -0.2) is 0 Å². The first-order valence-electron chi connectivity index (χ1n) is 10.3. The molecule has 0 aromatic rings. The highest BCUT2D eigenvalue weighted by Crippen LogP contribution is 2.51. The van der Waals surface area contributed by atoms with Crippen LogP contribution >= 0.6 is 11.6 Å². The predicted molar refractivity (Wildman–Crippen MR) is 101 cm³/mol. The zero-order chi connectivity index (χ0) is 19.0. The van der Waals surface area contributed by atoms with E-state index < -0.39 is 5.97 Å². The van der Waals surface area contributed by atoms with Gasteiger partial charge in [-0.1, -0.05) is 19.3 Å². The van der Waals surface area contributed by atoms with E-state index in [0.717, 1.165) is 70.8 Å². The van der Waals surface area contributed by atoms with E-state index in [9.17, 15) is 15.0 Å². The summed E-state index contributed by atoms with van der Waals surface area (Å²) in [6.45, 7) is 1.49. The van der Waals surface area contributed by atoms with Gasteiger partial charge in [-0.15, -0.1) is 11.6 Å². The average molecular weight is 391 g/mol. The number of carbonyl (C=O) groups is 1. The molecule has 2 rings (SSSR count). The first-order chi connectivity index (χ1) is 12.5. The first kappa shape index (κ1) is 21.9. The zero-order valence-electron chi connectivity index (χ0n) is 15.7. The minimum atomic E-state index is -0.727. The third-order valence-electron chi connectivity index (χ3n) is 6.32. The van der Waals surface area contributed by atoms with E-state index in [4.69, 9.17) is 21.4 Å². The Bertz CT molecular complexity index is 424. The normalized spacial score (nSPS) is 34.9. The van der Waals surface area contributed by atoms with Crippen molar-refractivity contribution in [3.05, 3.63) is 0 Å². The molecule has 5 nitrogen and oxygen atoms in total. The number of aliphatic hydroxyl groups excluding tert-OH is 2. The summed E-state index contributed by atoms with van der Waals surface area (Å²) in [6, 6.07) is 0. The van der Waals surface area contributed by atoms with Crippen molar-refractivity contribution in [2.24, 2.45) is 17.8 Å². The van der Waals surface area contributed by atoms with Crippen LogP contribution in [0.4, 0.5) is 0 Å². The maximum absolute atomic E-state index is 10.7. The van der Waals surface area contributed by atoms with Crippen molar-refractivity contribution in [1.82, 2.24) is 0 Å². The predicted octanol–water partition coefficient (Wildman–Crippen LogP) is 3.59. The van der Waals surface area contributed by atoms with Gasteiger partial charge in [0.2, 0.25) is 0 Å². The third kappa shape index (κ3) is 6.08. The highest BCUT2D eigenvalue weighted by Gasteiger charge is 2.51. The number of rotatable bonds is 11. The van der Waals surface area contributed by atoms with Crippen molar-refractivity contribution in [3.63, 3.8) is 0 Å².